The first-order chi connectivity index (χ1) is 15.0. The number of urea groups is 1. The quantitative estimate of drug-likeness (QED) is 0.705. The van der Waals surface area contributed by atoms with E-state index in [0.29, 0.717) is 22.3 Å². The zero-order valence-electron chi connectivity index (χ0n) is 17.7. The Balaban J connectivity index is 1.32. The zero-order valence-corrected chi connectivity index (χ0v) is 19.3. The number of aromatic nitrogens is 1. The molecule has 8 heteroatoms. The number of pyridine rings is 1. The number of methoxy groups -OCH3 is 1. The van der Waals surface area contributed by atoms with E-state index in [1.165, 1.54) is 5.56 Å². The van der Waals surface area contributed by atoms with E-state index in [1.807, 2.05) is 29.2 Å². The van der Waals surface area contributed by atoms with Gasteiger partial charge in [-0.25, -0.2) is 4.79 Å². The van der Waals surface area contributed by atoms with Gasteiger partial charge in [0.25, 0.3) is 0 Å². The molecule has 6 nitrogen and oxygen atoms in total. The van der Waals surface area contributed by atoms with Crippen LogP contribution >= 0.6 is 23.2 Å². The lowest BCUT2D eigenvalue weighted by atomic mass is 9.79. The first-order valence-electron chi connectivity index (χ1n) is 10.6. The van der Waals surface area contributed by atoms with Gasteiger partial charge < -0.3 is 15.0 Å². The molecule has 0 aliphatic carbocycles. The molecule has 1 atom stereocenters. The second-order valence-electron chi connectivity index (χ2n) is 8.63. The maximum atomic E-state index is 12.8. The molecule has 3 heterocycles. The van der Waals surface area contributed by atoms with Gasteiger partial charge in [0.05, 0.1) is 23.4 Å². The molecule has 1 unspecified atom stereocenters. The molecule has 2 aliphatic heterocycles. The summed E-state index contributed by atoms with van der Waals surface area (Å²) in [5, 5.41) is 4.22. The number of hydrogen-bond donors (Lipinski definition) is 1. The van der Waals surface area contributed by atoms with Crippen LogP contribution in [-0.4, -0.2) is 54.1 Å². The number of carbonyl (C=O) groups excluding carboxylic acids is 1. The summed E-state index contributed by atoms with van der Waals surface area (Å²) in [5.41, 5.74) is 2.26. The molecule has 2 aliphatic rings. The largest absolute Gasteiger partial charge is 0.495 e. The third-order valence-corrected chi connectivity index (χ3v) is 7.04. The Labute approximate surface area is 193 Å². The van der Waals surface area contributed by atoms with E-state index < -0.39 is 0 Å². The van der Waals surface area contributed by atoms with Crippen molar-refractivity contribution in [3.05, 3.63) is 57.8 Å². The smallest absolute Gasteiger partial charge is 0.317 e. The van der Waals surface area contributed by atoms with Crippen molar-refractivity contribution >= 4 is 29.2 Å². The van der Waals surface area contributed by atoms with Crippen LogP contribution in [0, 0.1) is 5.41 Å². The monoisotopic (exact) mass is 462 g/mol. The second kappa shape index (κ2) is 9.63. The summed E-state index contributed by atoms with van der Waals surface area (Å²) >= 11 is 12.2. The summed E-state index contributed by atoms with van der Waals surface area (Å²) in [6, 6.07) is 7.72. The second-order valence-corrected chi connectivity index (χ2v) is 9.44. The summed E-state index contributed by atoms with van der Waals surface area (Å²) in [6.07, 6.45) is 6.71. The molecule has 0 radical (unpaired) electrons. The minimum atomic E-state index is -0.00942. The van der Waals surface area contributed by atoms with Gasteiger partial charge in [-0.05, 0) is 55.1 Å². The maximum absolute atomic E-state index is 12.8. The van der Waals surface area contributed by atoms with Crippen molar-refractivity contribution in [2.45, 2.75) is 32.4 Å². The van der Waals surface area contributed by atoms with Crippen LogP contribution in [0.1, 0.15) is 30.4 Å². The number of amides is 2. The predicted octanol–water partition coefficient (Wildman–Crippen LogP) is 4.59. The summed E-state index contributed by atoms with van der Waals surface area (Å²) in [6.45, 7) is 4.93. The molecule has 0 bridgehead atoms. The van der Waals surface area contributed by atoms with Gasteiger partial charge in [0.1, 0.15) is 5.75 Å². The van der Waals surface area contributed by atoms with Crippen molar-refractivity contribution in [2.24, 2.45) is 5.41 Å². The number of nitrogens with zero attached hydrogens (tertiary/aromatic N) is 3. The van der Waals surface area contributed by atoms with E-state index in [2.05, 4.69) is 15.2 Å². The SMILES string of the molecule is COc1cncc(CNC(=O)N2CCCC3(CCN(Cc4ccc(Cl)c(Cl)c4)C3)C2)c1. The highest BCUT2D eigenvalue weighted by Gasteiger charge is 2.42. The van der Waals surface area contributed by atoms with E-state index in [1.54, 1.807) is 19.5 Å². The average Bonchev–Trinajstić information content (AvgIpc) is 3.16. The van der Waals surface area contributed by atoms with Crippen molar-refractivity contribution in [3.8, 4) is 5.75 Å². The summed E-state index contributed by atoms with van der Waals surface area (Å²) in [7, 11) is 1.61. The van der Waals surface area contributed by atoms with Crippen LogP contribution in [0.5, 0.6) is 5.75 Å². The van der Waals surface area contributed by atoms with Crippen LogP contribution in [0.15, 0.2) is 36.7 Å². The Hall–Kier alpha value is -2.02. The lowest BCUT2D eigenvalue weighted by Gasteiger charge is -2.40. The summed E-state index contributed by atoms with van der Waals surface area (Å²) in [4.78, 5) is 21.4. The van der Waals surface area contributed by atoms with E-state index >= 15 is 0 Å². The van der Waals surface area contributed by atoms with E-state index in [9.17, 15) is 4.79 Å². The molecule has 2 fully saturated rings. The molecule has 31 heavy (non-hydrogen) atoms. The number of ether oxygens (including phenoxy) is 1. The first-order valence-corrected chi connectivity index (χ1v) is 11.4. The Morgan fingerprint density at radius 3 is 2.81 bits per heavy atom. The van der Waals surface area contributed by atoms with Gasteiger partial charge >= 0.3 is 6.03 Å². The highest BCUT2D eigenvalue weighted by Crippen LogP contribution is 2.39. The number of likely N-dealkylation sites (tertiary alicyclic amines) is 2. The predicted molar refractivity (Wildman–Crippen MR) is 123 cm³/mol. The van der Waals surface area contributed by atoms with Gasteiger partial charge in [0, 0.05) is 44.3 Å². The molecule has 2 amide bonds. The van der Waals surface area contributed by atoms with Crippen LogP contribution < -0.4 is 10.1 Å². The Bertz CT molecular complexity index is 942. The van der Waals surface area contributed by atoms with Gasteiger partial charge in [-0.2, -0.15) is 0 Å². The Kier molecular flexibility index (Phi) is 6.89. The summed E-state index contributed by atoms with van der Waals surface area (Å²) < 4.78 is 5.20. The third kappa shape index (κ3) is 5.43. The number of piperidine rings is 1. The van der Waals surface area contributed by atoms with Crippen molar-refractivity contribution in [1.82, 2.24) is 20.1 Å². The molecule has 166 valence electrons. The van der Waals surface area contributed by atoms with Gasteiger partial charge in [0.2, 0.25) is 0 Å². The molecule has 1 aromatic heterocycles. The van der Waals surface area contributed by atoms with Gasteiger partial charge in [-0.1, -0.05) is 29.3 Å². The summed E-state index contributed by atoms with van der Waals surface area (Å²) in [5.74, 6) is 0.691. The molecule has 4 rings (SSSR count). The highest BCUT2D eigenvalue weighted by molar-refractivity contribution is 6.42. The van der Waals surface area contributed by atoms with E-state index in [4.69, 9.17) is 27.9 Å². The van der Waals surface area contributed by atoms with Gasteiger partial charge in [0.15, 0.2) is 0 Å². The molecule has 1 N–H and O–H groups in total. The fourth-order valence-corrected chi connectivity index (χ4v) is 5.06. The Morgan fingerprint density at radius 2 is 2.00 bits per heavy atom. The number of rotatable bonds is 5. The van der Waals surface area contributed by atoms with E-state index in [0.717, 1.165) is 57.5 Å². The van der Waals surface area contributed by atoms with Crippen LogP contribution in [0.3, 0.4) is 0 Å². The zero-order chi connectivity index (χ0) is 21.8. The molecular weight excluding hydrogens is 435 g/mol. The van der Waals surface area contributed by atoms with Crippen molar-refractivity contribution < 1.29 is 9.53 Å². The van der Waals surface area contributed by atoms with Gasteiger partial charge in [-0.15, -0.1) is 0 Å². The number of nitrogens with one attached hydrogen (secondary N) is 1. The maximum Gasteiger partial charge on any atom is 0.317 e. The number of hydrogen-bond acceptors (Lipinski definition) is 4. The topological polar surface area (TPSA) is 57.7 Å². The Morgan fingerprint density at radius 1 is 1.13 bits per heavy atom. The average molecular weight is 463 g/mol. The van der Waals surface area contributed by atoms with Gasteiger partial charge in [-0.3, -0.25) is 9.88 Å². The highest BCUT2D eigenvalue weighted by atomic mass is 35.5. The normalized spacial score (nSPS) is 21.5. The molecule has 0 saturated carbocycles. The van der Waals surface area contributed by atoms with Crippen LogP contribution in [-0.2, 0) is 13.1 Å². The third-order valence-electron chi connectivity index (χ3n) is 6.31. The molecular formula is C23H28Cl2N4O2. The fraction of sp³-hybridized carbons (Fsp3) is 0.478. The number of carbonyl (C=O) groups is 1. The minimum Gasteiger partial charge on any atom is -0.495 e. The van der Waals surface area contributed by atoms with E-state index in [-0.39, 0.29) is 11.4 Å². The molecule has 2 saturated heterocycles. The lowest BCUT2D eigenvalue weighted by Crippen LogP contribution is -2.50. The van der Waals surface area contributed by atoms with Crippen molar-refractivity contribution in [3.63, 3.8) is 0 Å². The minimum absolute atomic E-state index is 0.00942. The lowest BCUT2D eigenvalue weighted by molar-refractivity contribution is 0.107. The van der Waals surface area contributed by atoms with Crippen molar-refractivity contribution in [1.29, 1.82) is 0 Å². The van der Waals surface area contributed by atoms with Crippen LogP contribution in [0.2, 0.25) is 10.0 Å². The standard InChI is InChI=1S/C23H28Cl2N4O2/c1-31-19-9-18(11-26-13-19)12-27-22(30)29-7-2-5-23(16-29)6-8-28(15-23)14-17-3-4-20(24)21(25)10-17/h3-4,9-11,13H,2,5-8,12,14-16H2,1H3,(H,27,30). The molecule has 1 aromatic carbocycles. The van der Waals surface area contributed by atoms with Crippen LogP contribution in [0.25, 0.3) is 0 Å². The fourth-order valence-electron chi connectivity index (χ4n) is 4.73. The molecule has 1 spiro atoms. The first kappa shape index (κ1) is 22.2. The van der Waals surface area contributed by atoms with Crippen LogP contribution in [0.4, 0.5) is 4.79 Å². The molecule has 2 aromatic rings. The van der Waals surface area contributed by atoms with Crippen molar-refractivity contribution in [2.75, 3.05) is 33.3 Å². The number of halogens is 2. The number of benzene rings is 1.